The van der Waals surface area contributed by atoms with Crippen molar-refractivity contribution in [2.45, 2.75) is 0 Å². The molecule has 0 aliphatic heterocycles. The number of halogens is 1. The number of fused-ring (bicyclic) bond motifs is 1. The van der Waals surface area contributed by atoms with E-state index in [1.165, 1.54) is 0 Å². The van der Waals surface area contributed by atoms with Crippen LogP contribution in [-0.2, 0) is 0 Å². The first-order valence-electron chi connectivity index (χ1n) is 5.13. The van der Waals surface area contributed by atoms with Gasteiger partial charge in [-0.2, -0.15) is 15.1 Å². The number of benzene rings is 1. The Hall–Kier alpha value is -2.15. The van der Waals surface area contributed by atoms with E-state index in [0.717, 1.165) is 4.47 Å². The first-order chi connectivity index (χ1) is 8.74. The summed E-state index contributed by atoms with van der Waals surface area (Å²) in [6.45, 7) is 0. The minimum Gasteiger partial charge on any atom is -0.437 e. The van der Waals surface area contributed by atoms with E-state index in [9.17, 15) is 0 Å². The number of aromatic nitrogens is 4. The predicted molar refractivity (Wildman–Crippen MR) is 70.3 cm³/mol. The van der Waals surface area contributed by atoms with Crippen molar-refractivity contribution in [3.63, 3.8) is 0 Å². The van der Waals surface area contributed by atoms with Gasteiger partial charge in [0.1, 0.15) is 11.1 Å². The fourth-order valence-electron chi connectivity index (χ4n) is 1.53. The molecule has 6 nitrogen and oxygen atoms in total. The molecule has 7 heteroatoms. The number of para-hydroxylation sites is 1. The first-order valence-corrected chi connectivity index (χ1v) is 5.92. The topological polar surface area (TPSA) is 89.7 Å². The molecule has 0 aliphatic carbocycles. The molecule has 0 atom stereocenters. The van der Waals surface area contributed by atoms with Crippen LogP contribution >= 0.6 is 15.9 Å². The lowest BCUT2D eigenvalue weighted by Crippen LogP contribution is -1.98. The lowest BCUT2D eigenvalue weighted by atomic mass is 10.3. The van der Waals surface area contributed by atoms with Crippen LogP contribution in [0.4, 0.5) is 5.95 Å². The number of H-pyrrole nitrogens is 1. The maximum atomic E-state index is 5.72. The Morgan fingerprint density at radius 2 is 2.06 bits per heavy atom. The third-order valence-corrected chi connectivity index (χ3v) is 2.99. The van der Waals surface area contributed by atoms with Gasteiger partial charge >= 0.3 is 0 Å². The van der Waals surface area contributed by atoms with Crippen LogP contribution in [0.1, 0.15) is 0 Å². The second kappa shape index (κ2) is 4.26. The van der Waals surface area contributed by atoms with Gasteiger partial charge in [-0.15, -0.1) is 0 Å². The van der Waals surface area contributed by atoms with Gasteiger partial charge in [-0.05, 0) is 28.1 Å². The number of anilines is 1. The Bertz CT molecular complexity index is 711. The average molecular weight is 306 g/mol. The van der Waals surface area contributed by atoms with Crippen molar-refractivity contribution in [2.75, 3.05) is 5.73 Å². The van der Waals surface area contributed by atoms with E-state index in [-0.39, 0.29) is 5.95 Å². The Balaban J connectivity index is 2.10. The molecule has 0 aliphatic rings. The molecule has 90 valence electrons. The standard InChI is InChI=1S/C11H8BrN5O/c12-7-3-1-2-4-8(7)18-10-6-5-14-17-9(6)15-11(13)16-10/h1-5H,(H3,13,14,15,16,17). The number of nitrogens with zero attached hydrogens (tertiary/aromatic N) is 3. The zero-order valence-corrected chi connectivity index (χ0v) is 10.7. The molecule has 18 heavy (non-hydrogen) atoms. The van der Waals surface area contributed by atoms with Crippen LogP contribution in [0.15, 0.2) is 34.9 Å². The zero-order valence-electron chi connectivity index (χ0n) is 9.09. The highest BCUT2D eigenvalue weighted by Gasteiger charge is 2.11. The quantitative estimate of drug-likeness (QED) is 0.759. The normalized spacial score (nSPS) is 10.7. The first kappa shape index (κ1) is 11.0. The van der Waals surface area contributed by atoms with Crippen LogP contribution in [0.3, 0.4) is 0 Å². The fourth-order valence-corrected chi connectivity index (χ4v) is 1.90. The van der Waals surface area contributed by atoms with E-state index >= 15 is 0 Å². The summed E-state index contributed by atoms with van der Waals surface area (Å²) >= 11 is 3.40. The van der Waals surface area contributed by atoms with Crippen LogP contribution in [-0.4, -0.2) is 20.2 Å². The van der Waals surface area contributed by atoms with Crippen LogP contribution in [0.2, 0.25) is 0 Å². The lowest BCUT2D eigenvalue weighted by Gasteiger charge is -2.07. The highest BCUT2D eigenvalue weighted by atomic mass is 79.9. The summed E-state index contributed by atoms with van der Waals surface area (Å²) in [5.74, 6) is 1.16. The van der Waals surface area contributed by atoms with Crippen molar-refractivity contribution in [1.82, 2.24) is 20.2 Å². The summed E-state index contributed by atoms with van der Waals surface area (Å²) < 4.78 is 6.56. The van der Waals surface area contributed by atoms with Gasteiger partial charge < -0.3 is 10.5 Å². The molecule has 0 spiro atoms. The molecule has 3 aromatic rings. The number of nitrogens with two attached hydrogens (primary N) is 1. The molecule has 0 radical (unpaired) electrons. The van der Waals surface area contributed by atoms with E-state index in [0.29, 0.717) is 22.7 Å². The minimum atomic E-state index is 0.133. The largest absolute Gasteiger partial charge is 0.437 e. The second-order valence-electron chi connectivity index (χ2n) is 3.55. The molecule has 0 saturated carbocycles. The number of nitrogens with one attached hydrogen (secondary N) is 1. The third kappa shape index (κ3) is 1.88. The molecule has 1 aromatic carbocycles. The van der Waals surface area contributed by atoms with Crippen molar-refractivity contribution in [3.05, 3.63) is 34.9 Å². The summed E-state index contributed by atoms with van der Waals surface area (Å²) in [7, 11) is 0. The summed E-state index contributed by atoms with van der Waals surface area (Å²) in [5.41, 5.74) is 6.16. The van der Waals surface area contributed by atoms with Crippen molar-refractivity contribution >= 4 is 32.9 Å². The van der Waals surface area contributed by atoms with Gasteiger partial charge in [-0.1, -0.05) is 12.1 Å². The van der Waals surface area contributed by atoms with Gasteiger partial charge in [0.05, 0.1) is 10.7 Å². The highest BCUT2D eigenvalue weighted by Crippen LogP contribution is 2.31. The fraction of sp³-hybridized carbons (Fsp3) is 0. The number of ether oxygens (including phenoxy) is 1. The van der Waals surface area contributed by atoms with E-state index in [2.05, 4.69) is 36.1 Å². The Labute approximate surface area is 110 Å². The van der Waals surface area contributed by atoms with Crippen molar-refractivity contribution in [2.24, 2.45) is 0 Å². The van der Waals surface area contributed by atoms with Gasteiger partial charge in [-0.25, -0.2) is 0 Å². The smallest absolute Gasteiger partial charge is 0.235 e. The molecule has 0 fully saturated rings. The number of nitrogen functional groups attached to an aromatic ring is 1. The van der Waals surface area contributed by atoms with Crippen molar-refractivity contribution < 1.29 is 4.74 Å². The number of hydrogen-bond donors (Lipinski definition) is 2. The Morgan fingerprint density at radius 3 is 2.89 bits per heavy atom. The minimum absolute atomic E-state index is 0.133. The van der Waals surface area contributed by atoms with E-state index in [1.54, 1.807) is 6.20 Å². The number of aromatic amines is 1. The monoisotopic (exact) mass is 305 g/mol. The molecule has 0 amide bonds. The van der Waals surface area contributed by atoms with Gasteiger partial charge in [0.15, 0.2) is 5.65 Å². The Kier molecular flexibility index (Phi) is 2.60. The maximum absolute atomic E-state index is 5.72. The summed E-state index contributed by atoms with van der Waals surface area (Å²) in [4.78, 5) is 8.09. The molecule has 3 N–H and O–H groups in total. The molecule has 0 saturated heterocycles. The molecule has 3 rings (SSSR count). The van der Waals surface area contributed by atoms with Crippen LogP contribution in [0, 0.1) is 0 Å². The molecular weight excluding hydrogens is 298 g/mol. The zero-order chi connectivity index (χ0) is 12.5. The molecule has 2 aromatic heterocycles. The molecule has 2 heterocycles. The van der Waals surface area contributed by atoms with Gasteiger partial charge in [0.2, 0.25) is 11.8 Å². The molecular formula is C11H8BrN5O. The molecule has 0 bridgehead atoms. The second-order valence-corrected chi connectivity index (χ2v) is 4.41. The summed E-state index contributed by atoms with van der Waals surface area (Å²) in [6.07, 6.45) is 1.60. The van der Waals surface area contributed by atoms with Crippen LogP contribution < -0.4 is 10.5 Å². The maximum Gasteiger partial charge on any atom is 0.235 e. The number of rotatable bonds is 2. The summed E-state index contributed by atoms with van der Waals surface area (Å²) in [5, 5.41) is 7.30. The summed E-state index contributed by atoms with van der Waals surface area (Å²) in [6, 6.07) is 7.48. The van der Waals surface area contributed by atoms with Crippen molar-refractivity contribution in [1.29, 1.82) is 0 Å². The lowest BCUT2D eigenvalue weighted by molar-refractivity contribution is 0.466. The van der Waals surface area contributed by atoms with E-state index in [1.807, 2.05) is 24.3 Å². The average Bonchev–Trinajstić information content (AvgIpc) is 2.80. The Morgan fingerprint density at radius 1 is 1.22 bits per heavy atom. The van der Waals surface area contributed by atoms with E-state index in [4.69, 9.17) is 10.5 Å². The van der Waals surface area contributed by atoms with Crippen LogP contribution in [0.5, 0.6) is 11.6 Å². The van der Waals surface area contributed by atoms with Crippen LogP contribution in [0.25, 0.3) is 11.0 Å². The SMILES string of the molecule is Nc1nc(Oc2ccccc2Br)c2cn[nH]c2n1. The van der Waals surface area contributed by atoms with Crippen molar-refractivity contribution in [3.8, 4) is 11.6 Å². The van der Waals surface area contributed by atoms with Gasteiger partial charge in [-0.3, -0.25) is 5.10 Å². The highest BCUT2D eigenvalue weighted by molar-refractivity contribution is 9.10. The van der Waals surface area contributed by atoms with E-state index < -0.39 is 0 Å². The van der Waals surface area contributed by atoms with Gasteiger partial charge in [0, 0.05) is 0 Å². The molecule has 0 unspecified atom stereocenters. The van der Waals surface area contributed by atoms with Gasteiger partial charge in [0.25, 0.3) is 0 Å². The predicted octanol–water partition coefficient (Wildman–Crippen LogP) is 2.49. The number of hydrogen-bond acceptors (Lipinski definition) is 5. The third-order valence-electron chi connectivity index (χ3n) is 2.34.